The number of para-hydroxylation sites is 1. The van der Waals surface area contributed by atoms with Crippen molar-refractivity contribution in [1.82, 2.24) is 10.2 Å². The first kappa shape index (κ1) is 23.0. The van der Waals surface area contributed by atoms with Gasteiger partial charge < -0.3 is 15.4 Å². The summed E-state index contributed by atoms with van der Waals surface area (Å²) in [5.74, 6) is 0.408. The molecule has 7 heteroatoms. The molecule has 1 aliphatic heterocycles. The highest BCUT2D eigenvalue weighted by molar-refractivity contribution is 6.10. The Bertz CT molecular complexity index is 1180. The third-order valence-electron chi connectivity index (χ3n) is 5.76. The van der Waals surface area contributed by atoms with Crippen LogP contribution in [0.3, 0.4) is 0 Å². The average Bonchev–Trinajstić information content (AvgIpc) is 3.05. The molecule has 1 unspecified atom stereocenters. The molecule has 34 heavy (non-hydrogen) atoms. The molecular formula is C27H27N3O4. The molecule has 1 heterocycles. The summed E-state index contributed by atoms with van der Waals surface area (Å²) in [5.41, 5.74) is 1.18. The Kier molecular flexibility index (Phi) is 6.63. The van der Waals surface area contributed by atoms with Gasteiger partial charge in [0.25, 0.3) is 5.91 Å². The highest BCUT2D eigenvalue weighted by Gasteiger charge is 2.49. The summed E-state index contributed by atoms with van der Waals surface area (Å²) in [4.78, 5) is 39.2. The number of ether oxygens (including phenoxy) is 1. The molecule has 0 aromatic heterocycles. The van der Waals surface area contributed by atoms with Crippen molar-refractivity contribution in [3.63, 3.8) is 0 Å². The van der Waals surface area contributed by atoms with Gasteiger partial charge in [0.2, 0.25) is 5.91 Å². The molecular weight excluding hydrogens is 430 g/mol. The maximum atomic E-state index is 13.1. The van der Waals surface area contributed by atoms with E-state index in [9.17, 15) is 14.4 Å². The van der Waals surface area contributed by atoms with Crippen LogP contribution in [-0.2, 0) is 21.5 Å². The Morgan fingerprint density at radius 2 is 1.59 bits per heavy atom. The predicted molar refractivity (Wildman–Crippen MR) is 130 cm³/mol. The third kappa shape index (κ3) is 4.93. The molecule has 0 spiro atoms. The van der Waals surface area contributed by atoms with E-state index in [2.05, 4.69) is 17.6 Å². The van der Waals surface area contributed by atoms with Gasteiger partial charge in [-0.25, -0.2) is 4.79 Å². The fourth-order valence-corrected chi connectivity index (χ4v) is 3.90. The second kappa shape index (κ2) is 9.79. The molecule has 1 fully saturated rings. The average molecular weight is 458 g/mol. The number of carbonyl (C=O) groups is 3. The minimum Gasteiger partial charge on any atom is -0.457 e. The Labute approximate surface area is 198 Å². The lowest BCUT2D eigenvalue weighted by molar-refractivity contribution is -0.133. The summed E-state index contributed by atoms with van der Waals surface area (Å²) in [6, 6.07) is 23.3. The van der Waals surface area contributed by atoms with Gasteiger partial charge in [-0.15, -0.1) is 0 Å². The number of hydrogen-bond acceptors (Lipinski definition) is 4. The van der Waals surface area contributed by atoms with Gasteiger partial charge in [0.05, 0.1) is 0 Å². The number of benzene rings is 3. The normalized spacial score (nSPS) is 17.4. The van der Waals surface area contributed by atoms with Gasteiger partial charge in [0.1, 0.15) is 23.6 Å². The number of nitrogens with zero attached hydrogens (tertiary/aromatic N) is 1. The van der Waals surface area contributed by atoms with E-state index in [1.165, 1.54) is 5.56 Å². The van der Waals surface area contributed by atoms with E-state index in [1.807, 2.05) is 54.6 Å². The quantitative estimate of drug-likeness (QED) is 0.474. The van der Waals surface area contributed by atoms with E-state index in [0.717, 1.165) is 17.7 Å². The van der Waals surface area contributed by atoms with Gasteiger partial charge in [-0.1, -0.05) is 55.8 Å². The summed E-state index contributed by atoms with van der Waals surface area (Å²) in [6.45, 7) is 3.38. The van der Waals surface area contributed by atoms with Crippen molar-refractivity contribution >= 4 is 23.5 Å². The smallest absolute Gasteiger partial charge is 0.325 e. The highest BCUT2D eigenvalue weighted by atomic mass is 16.5. The molecule has 1 aliphatic rings. The fourth-order valence-electron chi connectivity index (χ4n) is 3.90. The number of hydrogen-bond donors (Lipinski definition) is 2. The lowest BCUT2D eigenvalue weighted by atomic mass is 9.91. The fraction of sp³-hybridized carbons (Fsp3) is 0.222. The number of aryl methyl sites for hydroxylation is 1. The molecule has 3 aromatic carbocycles. The van der Waals surface area contributed by atoms with E-state index in [4.69, 9.17) is 4.74 Å². The van der Waals surface area contributed by atoms with Crippen molar-refractivity contribution in [2.24, 2.45) is 0 Å². The summed E-state index contributed by atoms with van der Waals surface area (Å²) < 4.78 is 5.74. The minimum atomic E-state index is -1.21. The Morgan fingerprint density at radius 3 is 2.24 bits per heavy atom. The van der Waals surface area contributed by atoms with Gasteiger partial charge in [0, 0.05) is 5.69 Å². The van der Waals surface area contributed by atoms with E-state index in [-0.39, 0.29) is 6.54 Å². The van der Waals surface area contributed by atoms with Crippen LogP contribution in [0, 0.1) is 0 Å². The van der Waals surface area contributed by atoms with Gasteiger partial charge in [-0.05, 0) is 60.9 Å². The van der Waals surface area contributed by atoms with Gasteiger partial charge in [-0.3, -0.25) is 14.5 Å². The van der Waals surface area contributed by atoms with Crippen LogP contribution in [0.5, 0.6) is 11.5 Å². The molecule has 0 bridgehead atoms. The molecule has 174 valence electrons. The lowest BCUT2D eigenvalue weighted by Crippen LogP contribution is -2.42. The van der Waals surface area contributed by atoms with Gasteiger partial charge >= 0.3 is 6.03 Å². The summed E-state index contributed by atoms with van der Waals surface area (Å²) in [7, 11) is 0. The van der Waals surface area contributed by atoms with Crippen molar-refractivity contribution in [3.8, 4) is 11.5 Å². The van der Waals surface area contributed by atoms with E-state index in [1.54, 1.807) is 31.2 Å². The predicted octanol–water partition coefficient (Wildman–Crippen LogP) is 4.84. The maximum absolute atomic E-state index is 13.1. The molecule has 0 radical (unpaired) electrons. The summed E-state index contributed by atoms with van der Waals surface area (Å²) in [5, 5.41) is 5.46. The number of nitrogens with one attached hydrogen (secondary N) is 2. The number of carbonyl (C=O) groups excluding carboxylic acids is 3. The molecule has 2 N–H and O–H groups in total. The molecule has 0 saturated carbocycles. The van der Waals surface area contributed by atoms with Crippen LogP contribution in [0.25, 0.3) is 0 Å². The van der Waals surface area contributed by atoms with Crippen LogP contribution in [0.2, 0.25) is 0 Å². The number of rotatable bonds is 8. The van der Waals surface area contributed by atoms with Crippen molar-refractivity contribution in [1.29, 1.82) is 0 Å². The standard InChI is InChI=1S/C27H27N3O4/c1-3-7-19-10-12-20(13-11-19)27(2)25(32)30(26(33)29-27)18-24(31)28-21-14-16-23(17-15-21)34-22-8-5-4-6-9-22/h4-6,8-17H,3,7,18H2,1-2H3,(H,28,31)(H,29,33). The monoisotopic (exact) mass is 457 g/mol. The first-order valence-electron chi connectivity index (χ1n) is 11.3. The number of urea groups is 1. The van der Waals surface area contributed by atoms with Gasteiger partial charge in [-0.2, -0.15) is 0 Å². The second-order valence-corrected chi connectivity index (χ2v) is 8.38. The summed E-state index contributed by atoms with van der Waals surface area (Å²) >= 11 is 0. The Morgan fingerprint density at radius 1 is 0.941 bits per heavy atom. The molecule has 4 amide bonds. The maximum Gasteiger partial charge on any atom is 0.325 e. The largest absolute Gasteiger partial charge is 0.457 e. The molecule has 3 aromatic rings. The van der Waals surface area contributed by atoms with Crippen LogP contribution in [0.15, 0.2) is 78.9 Å². The van der Waals surface area contributed by atoms with E-state index >= 15 is 0 Å². The van der Waals surface area contributed by atoms with Crippen molar-refractivity contribution in [2.75, 3.05) is 11.9 Å². The first-order valence-corrected chi connectivity index (χ1v) is 11.3. The molecule has 1 atom stereocenters. The number of imide groups is 1. The molecule has 7 nitrogen and oxygen atoms in total. The number of anilines is 1. The SMILES string of the molecule is CCCc1ccc(C2(C)NC(=O)N(CC(=O)Nc3ccc(Oc4ccccc4)cc3)C2=O)cc1. The van der Waals surface area contributed by atoms with Crippen LogP contribution in [-0.4, -0.2) is 29.3 Å². The number of amides is 4. The molecule has 1 saturated heterocycles. The van der Waals surface area contributed by atoms with Crippen LogP contribution in [0.1, 0.15) is 31.4 Å². The van der Waals surface area contributed by atoms with Crippen molar-refractivity contribution < 1.29 is 19.1 Å². The van der Waals surface area contributed by atoms with Crippen molar-refractivity contribution in [2.45, 2.75) is 32.2 Å². The molecule has 0 aliphatic carbocycles. The Hall–Kier alpha value is -4.13. The Balaban J connectivity index is 1.38. The van der Waals surface area contributed by atoms with Crippen LogP contribution < -0.4 is 15.4 Å². The van der Waals surface area contributed by atoms with E-state index in [0.29, 0.717) is 22.7 Å². The zero-order valence-electron chi connectivity index (χ0n) is 19.2. The third-order valence-corrected chi connectivity index (χ3v) is 5.76. The van der Waals surface area contributed by atoms with Gasteiger partial charge in [0.15, 0.2) is 0 Å². The molecule has 4 rings (SSSR count). The second-order valence-electron chi connectivity index (χ2n) is 8.38. The zero-order chi connectivity index (χ0) is 24.1. The van der Waals surface area contributed by atoms with Crippen LogP contribution >= 0.6 is 0 Å². The lowest BCUT2D eigenvalue weighted by Gasteiger charge is -2.22. The summed E-state index contributed by atoms with van der Waals surface area (Å²) in [6.07, 6.45) is 1.97. The first-order chi connectivity index (χ1) is 16.4. The van der Waals surface area contributed by atoms with Crippen molar-refractivity contribution in [3.05, 3.63) is 90.0 Å². The zero-order valence-corrected chi connectivity index (χ0v) is 19.2. The van der Waals surface area contributed by atoms with Crippen LogP contribution in [0.4, 0.5) is 10.5 Å². The minimum absolute atomic E-state index is 0.379. The highest BCUT2D eigenvalue weighted by Crippen LogP contribution is 2.29. The topological polar surface area (TPSA) is 87.7 Å². The van der Waals surface area contributed by atoms with E-state index < -0.39 is 23.4 Å².